The number of anilines is 3. The van der Waals surface area contributed by atoms with Crippen LogP contribution in [0, 0.1) is 17.6 Å². The molecular weight excluding hydrogens is 438 g/mol. The number of aromatic nitrogens is 4. The lowest BCUT2D eigenvalue weighted by Crippen LogP contribution is -2.21. The van der Waals surface area contributed by atoms with E-state index >= 15 is 0 Å². The van der Waals surface area contributed by atoms with Crippen molar-refractivity contribution < 1.29 is 13.5 Å². The molecule has 2 N–H and O–H groups in total. The van der Waals surface area contributed by atoms with Crippen LogP contribution in [0.2, 0.25) is 5.02 Å². The van der Waals surface area contributed by atoms with Crippen molar-refractivity contribution in [2.75, 3.05) is 23.8 Å². The van der Waals surface area contributed by atoms with Gasteiger partial charge in [-0.3, -0.25) is 4.57 Å². The number of benzene rings is 1. The Labute approximate surface area is 189 Å². The number of nitrogens with zero attached hydrogens (tertiary/aromatic N) is 4. The van der Waals surface area contributed by atoms with Crippen LogP contribution >= 0.6 is 11.6 Å². The molecule has 2 fully saturated rings. The summed E-state index contributed by atoms with van der Waals surface area (Å²) in [7, 11) is 0. The van der Waals surface area contributed by atoms with Gasteiger partial charge in [0.15, 0.2) is 17.3 Å². The molecule has 3 aromatic rings. The maximum absolute atomic E-state index is 14.5. The molecule has 3 heterocycles. The summed E-state index contributed by atoms with van der Waals surface area (Å²) >= 11 is 5.78. The molecular formula is C22H25ClF2N6O. The summed E-state index contributed by atoms with van der Waals surface area (Å²) in [6.45, 7) is 3.57. The largest absolute Gasteiger partial charge is 0.379 e. The first-order chi connectivity index (χ1) is 15.5. The Morgan fingerprint density at radius 3 is 2.53 bits per heavy atom. The van der Waals surface area contributed by atoms with Crippen molar-refractivity contribution in [1.82, 2.24) is 19.5 Å². The second-order valence-corrected chi connectivity index (χ2v) is 9.13. The first-order valence-corrected chi connectivity index (χ1v) is 11.4. The van der Waals surface area contributed by atoms with Crippen LogP contribution in [0.5, 0.6) is 0 Å². The summed E-state index contributed by atoms with van der Waals surface area (Å²) in [5.74, 6) is -0.0667. The van der Waals surface area contributed by atoms with Crippen molar-refractivity contribution in [3.05, 3.63) is 35.0 Å². The van der Waals surface area contributed by atoms with E-state index in [2.05, 4.69) is 27.5 Å². The maximum atomic E-state index is 14.5. The average Bonchev–Trinajstić information content (AvgIpc) is 3.39. The van der Waals surface area contributed by atoms with E-state index in [0.717, 1.165) is 44.2 Å². The first-order valence-electron chi connectivity index (χ1n) is 11.0. The third kappa shape index (κ3) is 4.23. The van der Waals surface area contributed by atoms with E-state index in [0.29, 0.717) is 42.2 Å². The number of nitrogens with one attached hydrogen (secondary N) is 2. The standard InChI is InChI=1S/C22H25ClF2N6O/c1-12-2-4-15(5-3-12)31-20-18(10-26-21(30-20)27-14-6-7-32-11-14)28-22(31)29-19-16(24)8-13(23)9-17(19)25/h8-10,12,14-15H,2-7,11H2,1H3,(H,28,29)(H,26,27,30)/t12?,14-,15?/m0/s1. The van der Waals surface area contributed by atoms with E-state index in [1.165, 1.54) is 0 Å². The van der Waals surface area contributed by atoms with Gasteiger partial charge in [-0.15, -0.1) is 0 Å². The number of hydrogen-bond acceptors (Lipinski definition) is 6. The van der Waals surface area contributed by atoms with E-state index in [1.54, 1.807) is 6.20 Å². The first kappa shape index (κ1) is 21.3. The molecule has 170 valence electrons. The monoisotopic (exact) mass is 462 g/mol. The lowest BCUT2D eigenvalue weighted by Gasteiger charge is -2.28. The molecule has 1 atom stereocenters. The Balaban J connectivity index is 1.55. The number of halogens is 3. The highest BCUT2D eigenvalue weighted by Gasteiger charge is 2.27. The fourth-order valence-electron chi connectivity index (χ4n) is 4.50. The minimum absolute atomic E-state index is 0.00204. The van der Waals surface area contributed by atoms with Crippen LogP contribution in [0.4, 0.5) is 26.4 Å². The van der Waals surface area contributed by atoms with Crippen LogP contribution in [0.1, 0.15) is 45.1 Å². The molecule has 0 amide bonds. The minimum Gasteiger partial charge on any atom is -0.379 e. The topological polar surface area (TPSA) is 76.9 Å². The van der Waals surface area contributed by atoms with Crippen molar-refractivity contribution in [2.24, 2.45) is 5.92 Å². The number of hydrogen-bond donors (Lipinski definition) is 2. The number of ether oxygens (including phenoxy) is 1. The highest BCUT2D eigenvalue weighted by atomic mass is 35.5. The Morgan fingerprint density at radius 1 is 1.09 bits per heavy atom. The fraction of sp³-hybridized carbons (Fsp3) is 0.500. The predicted molar refractivity (Wildman–Crippen MR) is 119 cm³/mol. The normalized spacial score (nSPS) is 23.6. The molecule has 1 aliphatic carbocycles. The van der Waals surface area contributed by atoms with E-state index in [9.17, 15) is 8.78 Å². The van der Waals surface area contributed by atoms with Crippen LogP contribution in [-0.2, 0) is 4.74 Å². The SMILES string of the molecule is CC1CCC(n2c(Nc3c(F)cc(Cl)cc3F)nc3cnc(N[C@H]4CCOC4)nc32)CC1. The van der Waals surface area contributed by atoms with Gasteiger partial charge in [0.25, 0.3) is 0 Å². The van der Waals surface area contributed by atoms with Gasteiger partial charge in [-0.05, 0) is 50.2 Å². The highest BCUT2D eigenvalue weighted by molar-refractivity contribution is 6.30. The van der Waals surface area contributed by atoms with Crippen molar-refractivity contribution >= 4 is 40.3 Å². The van der Waals surface area contributed by atoms with E-state index < -0.39 is 11.6 Å². The van der Waals surface area contributed by atoms with Gasteiger partial charge in [0.05, 0.1) is 18.8 Å². The van der Waals surface area contributed by atoms with Gasteiger partial charge in [0.2, 0.25) is 11.9 Å². The smallest absolute Gasteiger partial charge is 0.225 e. The molecule has 1 aliphatic heterocycles. The number of rotatable bonds is 5. The lowest BCUT2D eigenvalue weighted by molar-refractivity contribution is 0.195. The van der Waals surface area contributed by atoms with Gasteiger partial charge in [-0.1, -0.05) is 18.5 Å². The van der Waals surface area contributed by atoms with Crippen LogP contribution in [0.3, 0.4) is 0 Å². The van der Waals surface area contributed by atoms with E-state index in [-0.39, 0.29) is 22.8 Å². The molecule has 10 heteroatoms. The fourth-order valence-corrected chi connectivity index (χ4v) is 4.69. The van der Waals surface area contributed by atoms with Crippen LogP contribution in [0.25, 0.3) is 11.2 Å². The zero-order valence-corrected chi connectivity index (χ0v) is 18.5. The molecule has 1 aromatic carbocycles. The second kappa shape index (κ2) is 8.78. The number of fused-ring (bicyclic) bond motifs is 1. The van der Waals surface area contributed by atoms with Crippen LogP contribution in [0.15, 0.2) is 18.3 Å². The van der Waals surface area contributed by atoms with Crippen LogP contribution in [-0.4, -0.2) is 38.8 Å². The molecule has 2 aliphatic rings. The van der Waals surface area contributed by atoms with Crippen molar-refractivity contribution in [2.45, 2.75) is 51.1 Å². The molecule has 0 spiro atoms. The number of imidazole rings is 1. The Bertz CT molecular complexity index is 1100. The molecule has 32 heavy (non-hydrogen) atoms. The quantitative estimate of drug-likeness (QED) is 0.524. The summed E-state index contributed by atoms with van der Waals surface area (Å²) in [6.07, 6.45) is 6.56. The maximum Gasteiger partial charge on any atom is 0.225 e. The molecule has 2 aromatic heterocycles. The van der Waals surface area contributed by atoms with E-state index in [4.69, 9.17) is 21.3 Å². The van der Waals surface area contributed by atoms with Gasteiger partial charge in [0.1, 0.15) is 11.2 Å². The molecule has 1 saturated carbocycles. The molecule has 1 saturated heterocycles. The lowest BCUT2D eigenvalue weighted by atomic mass is 9.87. The van der Waals surface area contributed by atoms with E-state index in [1.807, 2.05) is 4.57 Å². The summed E-state index contributed by atoms with van der Waals surface area (Å²) in [5.41, 5.74) is 0.914. The van der Waals surface area contributed by atoms with Gasteiger partial charge < -0.3 is 15.4 Å². The minimum atomic E-state index is -0.777. The van der Waals surface area contributed by atoms with Gasteiger partial charge in [0, 0.05) is 17.7 Å². The summed E-state index contributed by atoms with van der Waals surface area (Å²) < 4.78 is 36.4. The van der Waals surface area contributed by atoms with Crippen LogP contribution < -0.4 is 10.6 Å². The molecule has 0 bridgehead atoms. The molecule has 5 rings (SSSR count). The third-order valence-corrected chi connectivity index (χ3v) is 6.51. The van der Waals surface area contributed by atoms with Gasteiger partial charge in [-0.25, -0.2) is 18.7 Å². The van der Waals surface area contributed by atoms with Crippen molar-refractivity contribution in [1.29, 1.82) is 0 Å². The van der Waals surface area contributed by atoms with Crippen molar-refractivity contribution in [3.8, 4) is 0 Å². The Hall–Kier alpha value is -2.52. The molecule has 0 radical (unpaired) electrons. The Morgan fingerprint density at radius 2 is 1.84 bits per heavy atom. The molecule has 0 unspecified atom stereocenters. The summed E-state index contributed by atoms with van der Waals surface area (Å²) in [6, 6.07) is 2.44. The predicted octanol–water partition coefficient (Wildman–Crippen LogP) is 5.45. The second-order valence-electron chi connectivity index (χ2n) is 8.70. The molecule has 7 nitrogen and oxygen atoms in total. The summed E-state index contributed by atoms with van der Waals surface area (Å²) in [4.78, 5) is 13.7. The summed E-state index contributed by atoms with van der Waals surface area (Å²) in [5, 5.41) is 6.17. The zero-order valence-electron chi connectivity index (χ0n) is 17.7. The highest BCUT2D eigenvalue weighted by Crippen LogP contribution is 2.37. The van der Waals surface area contributed by atoms with Gasteiger partial charge >= 0.3 is 0 Å². The Kier molecular flexibility index (Phi) is 5.86. The van der Waals surface area contributed by atoms with Crippen molar-refractivity contribution in [3.63, 3.8) is 0 Å². The van der Waals surface area contributed by atoms with Gasteiger partial charge in [-0.2, -0.15) is 4.98 Å². The average molecular weight is 463 g/mol. The zero-order chi connectivity index (χ0) is 22.2. The third-order valence-electron chi connectivity index (χ3n) is 6.29.